The van der Waals surface area contributed by atoms with E-state index in [2.05, 4.69) is 16.3 Å². The van der Waals surface area contributed by atoms with Crippen molar-refractivity contribution in [3.8, 4) is 11.5 Å². The molecule has 1 saturated heterocycles. The van der Waals surface area contributed by atoms with Crippen LogP contribution in [0.5, 0.6) is 11.5 Å². The highest BCUT2D eigenvalue weighted by molar-refractivity contribution is 6.35. The molecule has 0 spiro atoms. The van der Waals surface area contributed by atoms with Gasteiger partial charge in [0.1, 0.15) is 13.2 Å². The number of nitrogens with one attached hydrogen (secondary N) is 1. The fourth-order valence-corrected chi connectivity index (χ4v) is 4.23. The minimum atomic E-state index is -0.0181. The molecular weight excluding hydrogens is 399 g/mol. The number of nitrogens with zero attached hydrogens (tertiary/aromatic N) is 1. The van der Waals surface area contributed by atoms with E-state index in [9.17, 15) is 4.79 Å². The number of hydrogen-bond donors (Lipinski definition) is 1. The fraction of sp³-hybridized carbons (Fsp3) is 0.381. The molecule has 2 aliphatic rings. The van der Waals surface area contributed by atoms with Crippen LogP contribution in [0, 0.1) is 0 Å². The predicted octanol–water partition coefficient (Wildman–Crippen LogP) is 4.22. The minimum absolute atomic E-state index is 0.0181. The summed E-state index contributed by atoms with van der Waals surface area (Å²) in [5, 5.41) is 4.10. The summed E-state index contributed by atoms with van der Waals surface area (Å²) in [6.45, 7) is 2.79. The third-order valence-corrected chi connectivity index (χ3v) is 5.74. The van der Waals surface area contributed by atoms with Crippen LogP contribution in [0.4, 0.5) is 0 Å². The zero-order valence-corrected chi connectivity index (χ0v) is 16.9. The Bertz CT molecular complexity index is 875. The lowest BCUT2D eigenvalue weighted by molar-refractivity contribution is -0.122. The molecule has 2 heterocycles. The van der Waals surface area contributed by atoms with Crippen molar-refractivity contribution >= 4 is 29.1 Å². The lowest BCUT2D eigenvalue weighted by Gasteiger charge is -2.26. The van der Waals surface area contributed by atoms with E-state index in [1.807, 2.05) is 18.2 Å². The number of carbonyl (C=O) groups is 1. The van der Waals surface area contributed by atoms with E-state index in [1.165, 1.54) is 0 Å². The third-order valence-electron chi connectivity index (χ3n) is 5.15. The quantitative estimate of drug-likeness (QED) is 0.786. The van der Waals surface area contributed by atoms with Crippen molar-refractivity contribution in [3.63, 3.8) is 0 Å². The number of ether oxygens (including phenoxy) is 2. The molecule has 0 radical (unpaired) electrons. The molecule has 1 N–H and O–H groups in total. The second-order valence-corrected chi connectivity index (χ2v) is 7.89. The molecule has 28 heavy (non-hydrogen) atoms. The Balaban J connectivity index is 1.37. The highest BCUT2D eigenvalue weighted by atomic mass is 35.5. The maximum Gasteiger partial charge on any atom is 0.234 e. The van der Waals surface area contributed by atoms with Crippen LogP contribution in [-0.4, -0.2) is 37.1 Å². The van der Waals surface area contributed by atoms with Gasteiger partial charge >= 0.3 is 0 Å². The average molecular weight is 421 g/mol. The van der Waals surface area contributed by atoms with Crippen LogP contribution >= 0.6 is 23.2 Å². The molecule has 4 rings (SSSR count). The summed E-state index contributed by atoms with van der Waals surface area (Å²) in [6.07, 6.45) is 2.09. The van der Waals surface area contributed by atoms with Gasteiger partial charge in [0.2, 0.25) is 5.91 Å². The van der Waals surface area contributed by atoms with Gasteiger partial charge in [0.05, 0.1) is 6.54 Å². The van der Waals surface area contributed by atoms with Crippen molar-refractivity contribution in [1.29, 1.82) is 0 Å². The Morgan fingerprint density at radius 1 is 1.11 bits per heavy atom. The van der Waals surface area contributed by atoms with Gasteiger partial charge in [-0.3, -0.25) is 9.69 Å². The average Bonchev–Trinajstić information content (AvgIpc) is 3.15. The Morgan fingerprint density at radius 2 is 1.93 bits per heavy atom. The lowest BCUT2D eigenvalue weighted by Crippen LogP contribution is -2.36. The molecule has 0 aromatic heterocycles. The number of likely N-dealkylation sites (tertiary alicyclic amines) is 1. The van der Waals surface area contributed by atoms with Gasteiger partial charge in [0.15, 0.2) is 11.5 Å². The van der Waals surface area contributed by atoms with Gasteiger partial charge in [0.25, 0.3) is 0 Å². The van der Waals surface area contributed by atoms with E-state index in [4.69, 9.17) is 32.7 Å². The molecular formula is C21H22Cl2N2O3. The molecule has 7 heteroatoms. The van der Waals surface area contributed by atoms with Crippen LogP contribution in [0.25, 0.3) is 0 Å². The van der Waals surface area contributed by atoms with Gasteiger partial charge in [-0.2, -0.15) is 0 Å². The lowest BCUT2D eigenvalue weighted by atomic mass is 10.0. The van der Waals surface area contributed by atoms with Crippen LogP contribution in [0.2, 0.25) is 10.0 Å². The molecule has 0 bridgehead atoms. The van der Waals surface area contributed by atoms with Gasteiger partial charge in [-0.1, -0.05) is 35.3 Å². The monoisotopic (exact) mass is 420 g/mol. The van der Waals surface area contributed by atoms with Gasteiger partial charge in [0, 0.05) is 22.6 Å². The number of hydrogen-bond acceptors (Lipinski definition) is 4. The van der Waals surface area contributed by atoms with E-state index in [0.717, 1.165) is 42.0 Å². The van der Waals surface area contributed by atoms with E-state index in [1.54, 1.807) is 12.1 Å². The number of benzene rings is 2. The smallest absolute Gasteiger partial charge is 0.234 e. The standard InChI is InChI=1S/C21H22Cl2N2O3/c22-16-5-3-15(17(23)11-16)12-24-21(26)13-25-7-1-2-18(25)14-4-6-19-20(10-14)28-9-8-27-19/h3-6,10-11,18H,1-2,7-9,12-13H2,(H,24,26)/t18-/m0/s1. The van der Waals surface area contributed by atoms with E-state index < -0.39 is 0 Å². The van der Waals surface area contributed by atoms with Gasteiger partial charge in [-0.05, 0) is 54.8 Å². The van der Waals surface area contributed by atoms with Gasteiger partial charge in [-0.25, -0.2) is 0 Å². The number of halogens is 2. The first-order chi connectivity index (χ1) is 13.6. The summed E-state index contributed by atoms with van der Waals surface area (Å²) < 4.78 is 11.3. The highest BCUT2D eigenvalue weighted by Gasteiger charge is 2.28. The maximum absolute atomic E-state index is 12.5. The van der Waals surface area contributed by atoms with Crippen molar-refractivity contribution in [2.75, 3.05) is 26.3 Å². The minimum Gasteiger partial charge on any atom is -0.486 e. The molecule has 1 atom stereocenters. The molecule has 0 aliphatic carbocycles. The Labute approximate surface area is 174 Å². The van der Waals surface area contributed by atoms with E-state index in [-0.39, 0.29) is 11.9 Å². The summed E-state index contributed by atoms with van der Waals surface area (Å²) in [5.74, 6) is 1.56. The van der Waals surface area contributed by atoms with Crippen molar-refractivity contribution in [2.45, 2.75) is 25.4 Å². The predicted molar refractivity (Wildman–Crippen MR) is 109 cm³/mol. The molecule has 148 valence electrons. The molecule has 2 aliphatic heterocycles. The molecule has 1 fully saturated rings. The largest absolute Gasteiger partial charge is 0.486 e. The number of amides is 1. The molecule has 2 aromatic carbocycles. The van der Waals surface area contributed by atoms with Crippen LogP contribution < -0.4 is 14.8 Å². The Morgan fingerprint density at radius 3 is 2.75 bits per heavy atom. The second-order valence-electron chi connectivity index (χ2n) is 7.04. The Hall–Kier alpha value is -1.95. The van der Waals surface area contributed by atoms with Crippen LogP contribution in [0.1, 0.15) is 30.0 Å². The summed E-state index contributed by atoms with van der Waals surface area (Å²) in [7, 11) is 0. The molecule has 0 unspecified atom stereocenters. The first-order valence-corrected chi connectivity index (χ1v) is 10.2. The van der Waals surface area contributed by atoms with E-state index >= 15 is 0 Å². The van der Waals surface area contributed by atoms with Crippen molar-refractivity contribution in [3.05, 3.63) is 57.6 Å². The molecule has 1 amide bonds. The summed E-state index contributed by atoms with van der Waals surface area (Å²) in [6, 6.07) is 11.6. The normalized spacial score (nSPS) is 18.9. The number of fused-ring (bicyclic) bond motifs is 1. The summed E-state index contributed by atoms with van der Waals surface area (Å²) >= 11 is 12.1. The SMILES string of the molecule is O=C(CN1CCC[C@H]1c1ccc2c(c1)OCCO2)NCc1ccc(Cl)cc1Cl. The zero-order chi connectivity index (χ0) is 19.5. The summed E-state index contributed by atoms with van der Waals surface area (Å²) in [4.78, 5) is 14.7. The van der Waals surface area contributed by atoms with Crippen LogP contribution in [0.3, 0.4) is 0 Å². The number of rotatable bonds is 5. The highest BCUT2D eigenvalue weighted by Crippen LogP contribution is 2.37. The van der Waals surface area contributed by atoms with Crippen molar-refractivity contribution in [2.24, 2.45) is 0 Å². The second kappa shape index (κ2) is 8.60. The first-order valence-electron chi connectivity index (χ1n) is 9.44. The first kappa shape index (κ1) is 19.4. The fourth-order valence-electron chi connectivity index (χ4n) is 3.76. The van der Waals surface area contributed by atoms with E-state index in [0.29, 0.717) is 36.3 Å². The van der Waals surface area contributed by atoms with Gasteiger partial charge < -0.3 is 14.8 Å². The molecule has 2 aromatic rings. The topological polar surface area (TPSA) is 50.8 Å². The molecule has 0 saturated carbocycles. The van der Waals surface area contributed by atoms with Crippen LogP contribution in [-0.2, 0) is 11.3 Å². The zero-order valence-electron chi connectivity index (χ0n) is 15.4. The molecule has 5 nitrogen and oxygen atoms in total. The van der Waals surface area contributed by atoms with Crippen molar-refractivity contribution in [1.82, 2.24) is 10.2 Å². The third kappa shape index (κ3) is 4.37. The maximum atomic E-state index is 12.5. The van der Waals surface area contributed by atoms with Gasteiger partial charge in [-0.15, -0.1) is 0 Å². The summed E-state index contributed by atoms with van der Waals surface area (Å²) in [5.41, 5.74) is 2.01. The van der Waals surface area contributed by atoms with Crippen molar-refractivity contribution < 1.29 is 14.3 Å². The number of carbonyl (C=O) groups excluding carboxylic acids is 1. The van der Waals surface area contributed by atoms with Crippen LogP contribution in [0.15, 0.2) is 36.4 Å². The Kier molecular flexibility index (Phi) is 5.95.